The number of allylic oxidation sites excluding steroid dienone is 17. The molecule has 71 heavy (non-hydrogen) atoms. The summed E-state index contributed by atoms with van der Waals surface area (Å²) in [7, 11) is 0. The van der Waals surface area contributed by atoms with Crippen molar-refractivity contribution in [1.29, 1.82) is 0 Å². The van der Waals surface area contributed by atoms with Crippen molar-refractivity contribution in [2.75, 3.05) is 13.2 Å². The molecule has 7 unspecified atom stereocenters. The summed E-state index contributed by atoms with van der Waals surface area (Å²) in [5.41, 5.74) is 0. The Morgan fingerprint density at radius 1 is 0.493 bits per heavy atom. The van der Waals surface area contributed by atoms with Crippen LogP contribution >= 0.6 is 0 Å². The normalized spacial score (nSPS) is 20.1. The molecular weight excluding hydrogens is 887 g/mol. The third-order valence-electron chi connectivity index (χ3n) is 12.8. The summed E-state index contributed by atoms with van der Waals surface area (Å²) in [4.78, 5) is 13.0. The highest BCUT2D eigenvalue weighted by Crippen LogP contribution is 2.23. The van der Waals surface area contributed by atoms with Gasteiger partial charge in [0.05, 0.1) is 25.4 Å². The number of hydrogen-bond acceptors (Lipinski definition) is 8. The molecule has 0 aliphatic carbocycles. The molecule has 0 aromatic carbocycles. The van der Waals surface area contributed by atoms with Gasteiger partial charge in [0.25, 0.3) is 0 Å². The molecule has 1 aliphatic rings. The molecule has 0 aromatic heterocycles. The van der Waals surface area contributed by atoms with E-state index in [0.717, 1.165) is 89.9 Å². The van der Waals surface area contributed by atoms with E-state index in [9.17, 15) is 30.3 Å². The van der Waals surface area contributed by atoms with E-state index in [2.05, 4.69) is 116 Å². The van der Waals surface area contributed by atoms with Crippen LogP contribution in [0.1, 0.15) is 219 Å². The Balaban J connectivity index is 2.14. The first kappa shape index (κ1) is 65.9. The van der Waals surface area contributed by atoms with Crippen LogP contribution in [0, 0.1) is 0 Å². The zero-order valence-electron chi connectivity index (χ0n) is 44.9. The summed E-state index contributed by atoms with van der Waals surface area (Å²) in [5, 5.41) is 54.3. The highest BCUT2D eigenvalue weighted by molar-refractivity contribution is 5.76. The fourth-order valence-corrected chi connectivity index (χ4v) is 8.31. The number of unbranched alkanes of at least 4 members (excludes halogenated alkanes) is 21. The van der Waals surface area contributed by atoms with Gasteiger partial charge in [0.2, 0.25) is 5.91 Å². The Kier molecular flexibility index (Phi) is 46.7. The molecule has 0 saturated carbocycles. The number of aliphatic hydroxyl groups excluding tert-OH is 5. The molecule has 0 aromatic rings. The van der Waals surface area contributed by atoms with Crippen LogP contribution in [0.2, 0.25) is 0 Å². The molecule has 7 atom stereocenters. The standard InChI is InChI=1S/C62H105NO8/c1-3-5-7-9-11-13-15-17-18-19-20-21-22-23-24-25-26-27-28-29-30-31-32-33-34-35-36-37-38-40-42-44-46-48-50-52-58(66)63-55(54-70-62-61(69)60(68)59(67)57(53-64)71-62)56(65)51-49-47-45-43-41-39-16-14-12-10-8-6-4-2/h5,7,11-14,17-18,20-21,23-24,26-27,41,43,49,51,55-57,59-62,64-65,67-69H,3-4,6,8-10,15-16,19,22,25,28-40,42,44-48,50,52-54H2,1-2H3,(H,63,66)/b7-5-,13-11-,14-12+,18-17-,21-20-,24-23-,27-26-,43-41+,51-49+. The van der Waals surface area contributed by atoms with Gasteiger partial charge in [-0.1, -0.05) is 226 Å². The maximum atomic E-state index is 13.0. The van der Waals surface area contributed by atoms with Gasteiger partial charge >= 0.3 is 0 Å². The van der Waals surface area contributed by atoms with Crippen LogP contribution in [0.25, 0.3) is 0 Å². The zero-order chi connectivity index (χ0) is 51.5. The van der Waals surface area contributed by atoms with Gasteiger partial charge in [-0.25, -0.2) is 0 Å². The third-order valence-corrected chi connectivity index (χ3v) is 12.8. The lowest BCUT2D eigenvalue weighted by Gasteiger charge is -2.40. The van der Waals surface area contributed by atoms with Gasteiger partial charge in [-0.3, -0.25) is 4.79 Å². The van der Waals surface area contributed by atoms with Crippen molar-refractivity contribution in [2.45, 2.75) is 262 Å². The number of hydrogen-bond donors (Lipinski definition) is 6. The fourth-order valence-electron chi connectivity index (χ4n) is 8.31. The minimum atomic E-state index is -1.58. The minimum Gasteiger partial charge on any atom is -0.394 e. The lowest BCUT2D eigenvalue weighted by Crippen LogP contribution is -2.60. The van der Waals surface area contributed by atoms with E-state index in [1.807, 2.05) is 6.08 Å². The lowest BCUT2D eigenvalue weighted by molar-refractivity contribution is -0.302. The van der Waals surface area contributed by atoms with Crippen LogP contribution in [0.15, 0.2) is 109 Å². The molecule has 9 nitrogen and oxygen atoms in total. The number of amides is 1. The molecule has 1 saturated heterocycles. The van der Waals surface area contributed by atoms with Gasteiger partial charge in [-0.05, 0) is 96.3 Å². The van der Waals surface area contributed by atoms with E-state index < -0.39 is 49.5 Å². The maximum absolute atomic E-state index is 13.0. The first-order valence-electron chi connectivity index (χ1n) is 28.6. The van der Waals surface area contributed by atoms with E-state index >= 15 is 0 Å². The second-order valence-corrected chi connectivity index (χ2v) is 19.3. The number of rotatable bonds is 47. The Morgan fingerprint density at radius 3 is 1.35 bits per heavy atom. The van der Waals surface area contributed by atoms with E-state index in [1.165, 1.54) is 109 Å². The zero-order valence-corrected chi connectivity index (χ0v) is 44.9. The van der Waals surface area contributed by atoms with Crippen LogP contribution in [-0.2, 0) is 14.3 Å². The largest absolute Gasteiger partial charge is 0.394 e. The van der Waals surface area contributed by atoms with Crippen LogP contribution in [-0.4, -0.2) is 87.5 Å². The molecule has 1 rings (SSSR count). The SMILES string of the molecule is CC/C=C\C/C=C\C/C=C\C/C=C\C/C=C\C/C=C\CCCCCCCCCCCCCCCCCCC(=O)NC(COC1OC(CO)C(O)C(O)C1O)C(O)/C=C/CC/C=C/CC/C=C/CCCCC. The highest BCUT2D eigenvalue weighted by atomic mass is 16.7. The predicted molar refractivity (Wildman–Crippen MR) is 299 cm³/mol. The van der Waals surface area contributed by atoms with Crippen LogP contribution in [0.3, 0.4) is 0 Å². The van der Waals surface area contributed by atoms with E-state index in [0.29, 0.717) is 6.42 Å². The summed E-state index contributed by atoms with van der Waals surface area (Å²) in [5.74, 6) is -0.195. The van der Waals surface area contributed by atoms with Crippen molar-refractivity contribution in [2.24, 2.45) is 0 Å². The van der Waals surface area contributed by atoms with Crippen molar-refractivity contribution < 1.29 is 39.8 Å². The first-order valence-corrected chi connectivity index (χ1v) is 28.6. The molecule has 1 heterocycles. The number of carbonyl (C=O) groups excluding carboxylic acids is 1. The Labute approximate surface area is 434 Å². The Morgan fingerprint density at radius 2 is 0.887 bits per heavy atom. The van der Waals surface area contributed by atoms with Crippen molar-refractivity contribution in [3.63, 3.8) is 0 Å². The number of ether oxygens (including phenoxy) is 2. The second-order valence-electron chi connectivity index (χ2n) is 19.3. The monoisotopic (exact) mass is 992 g/mol. The molecular formula is C62H105NO8. The fraction of sp³-hybridized carbons (Fsp3) is 0.694. The van der Waals surface area contributed by atoms with Crippen molar-refractivity contribution in [1.82, 2.24) is 5.32 Å². The first-order chi connectivity index (χ1) is 34.8. The second kappa shape index (κ2) is 50.4. The molecule has 1 aliphatic heterocycles. The Hall–Kier alpha value is -3.15. The topological polar surface area (TPSA) is 149 Å². The van der Waals surface area contributed by atoms with Gasteiger partial charge in [0, 0.05) is 6.42 Å². The average molecular weight is 993 g/mol. The van der Waals surface area contributed by atoms with Gasteiger partial charge in [0.1, 0.15) is 24.4 Å². The Bertz CT molecular complexity index is 1480. The molecule has 1 fully saturated rings. The van der Waals surface area contributed by atoms with Gasteiger partial charge in [-0.2, -0.15) is 0 Å². The van der Waals surface area contributed by atoms with Crippen molar-refractivity contribution >= 4 is 5.91 Å². The molecule has 406 valence electrons. The van der Waals surface area contributed by atoms with Crippen molar-refractivity contribution in [3.8, 4) is 0 Å². The molecule has 0 spiro atoms. The number of nitrogens with one attached hydrogen (secondary N) is 1. The van der Waals surface area contributed by atoms with E-state index in [4.69, 9.17) is 9.47 Å². The third kappa shape index (κ3) is 40.0. The molecule has 0 radical (unpaired) electrons. The van der Waals surface area contributed by atoms with E-state index in [-0.39, 0.29) is 12.5 Å². The summed E-state index contributed by atoms with van der Waals surface area (Å²) < 4.78 is 11.2. The molecule has 9 heteroatoms. The summed E-state index contributed by atoms with van der Waals surface area (Å²) >= 11 is 0. The van der Waals surface area contributed by atoms with Crippen LogP contribution in [0.5, 0.6) is 0 Å². The number of carbonyl (C=O) groups is 1. The predicted octanol–water partition coefficient (Wildman–Crippen LogP) is 14.2. The molecule has 0 bridgehead atoms. The lowest BCUT2D eigenvalue weighted by atomic mass is 9.99. The van der Waals surface area contributed by atoms with Crippen LogP contribution in [0.4, 0.5) is 0 Å². The van der Waals surface area contributed by atoms with Gasteiger partial charge in [0.15, 0.2) is 6.29 Å². The number of aliphatic hydroxyl groups is 5. The molecule has 1 amide bonds. The van der Waals surface area contributed by atoms with Crippen molar-refractivity contribution in [3.05, 3.63) is 109 Å². The molecule has 6 N–H and O–H groups in total. The summed E-state index contributed by atoms with van der Waals surface area (Å²) in [6.45, 7) is 3.60. The van der Waals surface area contributed by atoms with E-state index in [1.54, 1.807) is 6.08 Å². The van der Waals surface area contributed by atoms with Gasteiger partial charge in [-0.15, -0.1) is 0 Å². The highest BCUT2D eigenvalue weighted by Gasteiger charge is 2.44. The average Bonchev–Trinajstić information content (AvgIpc) is 3.37. The minimum absolute atomic E-state index is 0.195. The summed E-state index contributed by atoms with van der Waals surface area (Å²) in [6, 6.07) is -0.833. The smallest absolute Gasteiger partial charge is 0.220 e. The summed E-state index contributed by atoms with van der Waals surface area (Å²) in [6.07, 6.45) is 67.4. The maximum Gasteiger partial charge on any atom is 0.220 e. The quantitative estimate of drug-likeness (QED) is 0.0261. The van der Waals surface area contributed by atoms with Gasteiger partial charge < -0.3 is 40.3 Å². The van der Waals surface area contributed by atoms with Crippen LogP contribution < -0.4 is 5.32 Å².